The van der Waals surface area contributed by atoms with Crippen molar-refractivity contribution in [1.82, 2.24) is 0 Å². The number of nitrogens with two attached hydrogens (primary N) is 1. The molecule has 2 fully saturated rings. The highest BCUT2D eigenvalue weighted by atomic mass is 16.6. The van der Waals surface area contributed by atoms with E-state index in [-0.39, 0.29) is 11.7 Å². The number of rotatable bonds is 3. The Labute approximate surface area is 113 Å². The zero-order valence-corrected chi connectivity index (χ0v) is 11.1. The van der Waals surface area contributed by atoms with E-state index in [0.717, 1.165) is 43.8 Å². The van der Waals surface area contributed by atoms with Crippen molar-refractivity contribution in [2.75, 3.05) is 19.8 Å². The topological polar surface area (TPSA) is 53.7 Å². The molecule has 2 unspecified atom stereocenters. The van der Waals surface area contributed by atoms with Crippen LogP contribution in [0.25, 0.3) is 0 Å². The van der Waals surface area contributed by atoms with Gasteiger partial charge < -0.3 is 19.9 Å². The monoisotopic (exact) mass is 263 g/mol. The third kappa shape index (κ3) is 2.91. The SMILES string of the molecule is NCc1cccc(OC2CCOC3(CCOC3)C2)c1. The largest absolute Gasteiger partial charge is 0.490 e. The van der Waals surface area contributed by atoms with Crippen molar-refractivity contribution >= 4 is 0 Å². The molecular formula is C15H21NO3. The Balaban J connectivity index is 1.65. The maximum Gasteiger partial charge on any atom is 0.120 e. The second-order valence-electron chi connectivity index (χ2n) is 5.42. The minimum atomic E-state index is -0.103. The zero-order valence-electron chi connectivity index (χ0n) is 11.1. The van der Waals surface area contributed by atoms with E-state index < -0.39 is 0 Å². The van der Waals surface area contributed by atoms with Crippen LogP contribution in [0.3, 0.4) is 0 Å². The summed E-state index contributed by atoms with van der Waals surface area (Å²) in [6.45, 7) is 2.80. The summed E-state index contributed by atoms with van der Waals surface area (Å²) in [5.74, 6) is 0.906. The van der Waals surface area contributed by atoms with Crippen molar-refractivity contribution in [2.45, 2.75) is 37.5 Å². The van der Waals surface area contributed by atoms with E-state index in [1.54, 1.807) is 0 Å². The minimum Gasteiger partial charge on any atom is -0.490 e. The molecule has 0 aliphatic carbocycles. The van der Waals surface area contributed by atoms with Crippen LogP contribution in [0.4, 0.5) is 0 Å². The summed E-state index contributed by atoms with van der Waals surface area (Å²) in [7, 11) is 0. The van der Waals surface area contributed by atoms with E-state index in [9.17, 15) is 0 Å². The first kappa shape index (κ1) is 12.9. The van der Waals surface area contributed by atoms with E-state index in [1.807, 2.05) is 24.3 Å². The van der Waals surface area contributed by atoms with Crippen molar-refractivity contribution in [1.29, 1.82) is 0 Å². The molecule has 0 aromatic heterocycles. The first-order valence-corrected chi connectivity index (χ1v) is 6.97. The summed E-state index contributed by atoms with van der Waals surface area (Å²) < 4.78 is 17.5. The van der Waals surface area contributed by atoms with Gasteiger partial charge in [-0.2, -0.15) is 0 Å². The van der Waals surface area contributed by atoms with Crippen LogP contribution in [-0.4, -0.2) is 31.5 Å². The lowest BCUT2D eigenvalue weighted by Gasteiger charge is -2.37. The van der Waals surface area contributed by atoms with Gasteiger partial charge in [-0.1, -0.05) is 12.1 Å². The molecule has 0 radical (unpaired) electrons. The molecule has 1 aromatic carbocycles. The van der Waals surface area contributed by atoms with Gasteiger partial charge in [-0.25, -0.2) is 0 Å². The first-order valence-electron chi connectivity index (χ1n) is 6.97. The second-order valence-corrected chi connectivity index (χ2v) is 5.42. The molecule has 0 amide bonds. The van der Waals surface area contributed by atoms with Crippen LogP contribution in [0.1, 0.15) is 24.8 Å². The quantitative estimate of drug-likeness (QED) is 0.904. The lowest BCUT2D eigenvalue weighted by Crippen LogP contribution is -2.44. The lowest BCUT2D eigenvalue weighted by atomic mass is 9.91. The first-order chi connectivity index (χ1) is 9.30. The van der Waals surface area contributed by atoms with Crippen LogP contribution in [0.15, 0.2) is 24.3 Å². The highest BCUT2D eigenvalue weighted by molar-refractivity contribution is 5.28. The van der Waals surface area contributed by atoms with Gasteiger partial charge >= 0.3 is 0 Å². The molecule has 2 atom stereocenters. The summed E-state index contributed by atoms with van der Waals surface area (Å²) in [6.07, 6.45) is 3.05. The van der Waals surface area contributed by atoms with E-state index in [2.05, 4.69) is 0 Å². The Morgan fingerprint density at radius 1 is 1.37 bits per heavy atom. The summed E-state index contributed by atoms with van der Waals surface area (Å²) in [4.78, 5) is 0. The van der Waals surface area contributed by atoms with Crippen molar-refractivity contribution in [2.24, 2.45) is 5.73 Å². The van der Waals surface area contributed by atoms with Crippen LogP contribution in [-0.2, 0) is 16.0 Å². The molecule has 0 bridgehead atoms. The molecule has 3 rings (SSSR count). The Bertz CT molecular complexity index is 429. The van der Waals surface area contributed by atoms with Gasteiger partial charge in [0.2, 0.25) is 0 Å². The van der Waals surface area contributed by atoms with E-state index in [0.29, 0.717) is 13.2 Å². The fraction of sp³-hybridized carbons (Fsp3) is 0.600. The molecule has 104 valence electrons. The highest BCUT2D eigenvalue weighted by Crippen LogP contribution is 2.34. The average molecular weight is 263 g/mol. The third-order valence-electron chi connectivity index (χ3n) is 3.95. The Hall–Kier alpha value is -1.10. The maximum absolute atomic E-state index is 6.09. The third-order valence-corrected chi connectivity index (χ3v) is 3.95. The number of hydrogen-bond donors (Lipinski definition) is 1. The van der Waals surface area contributed by atoms with Crippen LogP contribution in [0.2, 0.25) is 0 Å². The van der Waals surface area contributed by atoms with Crippen molar-refractivity contribution in [3.05, 3.63) is 29.8 Å². The fourth-order valence-electron chi connectivity index (χ4n) is 2.88. The maximum atomic E-state index is 6.09. The molecular weight excluding hydrogens is 242 g/mol. The molecule has 1 aromatic rings. The van der Waals surface area contributed by atoms with Gasteiger partial charge in [-0.3, -0.25) is 0 Å². The molecule has 2 aliphatic heterocycles. The van der Waals surface area contributed by atoms with Crippen LogP contribution in [0.5, 0.6) is 5.75 Å². The standard InChI is InChI=1S/C15H21NO3/c16-10-12-2-1-3-13(8-12)19-14-4-6-18-15(9-14)5-7-17-11-15/h1-3,8,14H,4-7,9-11,16H2. The predicted octanol–water partition coefficient (Wildman–Crippen LogP) is 1.86. The van der Waals surface area contributed by atoms with Crippen LogP contribution in [0, 0.1) is 0 Å². The van der Waals surface area contributed by atoms with Gasteiger partial charge in [0, 0.05) is 32.4 Å². The van der Waals surface area contributed by atoms with Gasteiger partial charge in [0.25, 0.3) is 0 Å². The summed E-state index contributed by atoms with van der Waals surface area (Å²) in [6, 6.07) is 8.02. The molecule has 4 nitrogen and oxygen atoms in total. The van der Waals surface area contributed by atoms with E-state index >= 15 is 0 Å². The number of ether oxygens (including phenoxy) is 3. The Morgan fingerprint density at radius 2 is 2.32 bits per heavy atom. The van der Waals surface area contributed by atoms with Crippen molar-refractivity contribution < 1.29 is 14.2 Å². The molecule has 2 heterocycles. The molecule has 19 heavy (non-hydrogen) atoms. The second kappa shape index (κ2) is 5.49. The van der Waals surface area contributed by atoms with Gasteiger partial charge in [0.15, 0.2) is 0 Å². The smallest absolute Gasteiger partial charge is 0.120 e. The molecule has 0 saturated carbocycles. The predicted molar refractivity (Wildman–Crippen MR) is 72.1 cm³/mol. The zero-order chi connectivity index (χ0) is 13.1. The average Bonchev–Trinajstić information content (AvgIpc) is 2.87. The normalized spacial score (nSPS) is 30.7. The molecule has 1 spiro atoms. The van der Waals surface area contributed by atoms with Gasteiger partial charge in [0.1, 0.15) is 11.9 Å². The fourth-order valence-corrected chi connectivity index (χ4v) is 2.88. The molecule has 2 aliphatic rings. The van der Waals surface area contributed by atoms with Gasteiger partial charge in [0.05, 0.1) is 18.8 Å². The Morgan fingerprint density at radius 3 is 3.11 bits per heavy atom. The van der Waals surface area contributed by atoms with E-state index in [1.165, 1.54) is 0 Å². The van der Waals surface area contributed by atoms with E-state index in [4.69, 9.17) is 19.9 Å². The Kier molecular flexibility index (Phi) is 3.73. The van der Waals surface area contributed by atoms with Crippen molar-refractivity contribution in [3.8, 4) is 5.75 Å². The summed E-state index contributed by atoms with van der Waals surface area (Å²) in [5, 5.41) is 0. The minimum absolute atomic E-state index is 0.103. The van der Waals surface area contributed by atoms with Crippen molar-refractivity contribution in [3.63, 3.8) is 0 Å². The lowest BCUT2D eigenvalue weighted by molar-refractivity contribution is -0.112. The van der Waals surface area contributed by atoms with Gasteiger partial charge in [-0.05, 0) is 17.7 Å². The summed E-state index contributed by atoms with van der Waals surface area (Å²) >= 11 is 0. The molecule has 2 saturated heterocycles. The van der Waals surface area contributed by atoms with Crippen LogP contribution >= 0.6 is 0 Å². The van der Waals surface area contributed by atoms with Gasteiger partial charge in [-0.15, -0.1) is 0 Å². The number of benzene rings is 1. The summed E-state index contributed by atoms with van der Waals surface area (Å²) in [5.41, 5.74) is 6.65. The highest BCUT2D eigenvalue weighted by Gasteiger charge is 2.41. The molecule has 2 N–H and O–H groups in total. The number of hydrogen-bond acceptors (Lipinski definition) is 4. The molecule has 4 heteroatoms. The van der Waals surface area contributed by atoms with Crippen LogP contribution < -0.4 is 10.5 Å².